The maximum absolute atomic E-state index is 13.0. The van der Waals surface area contributed by atoms with Gasteiger partial charge in [-0.2, -0.15) is 5.10 Å². The predicted molar refractivity (Wildman–Crippen MR) is 105 cm³/mol. The lowest BCUT2D eigenvalue weighted by atomic mass is 9.95. The van der Waals surface area contributed by atoms with Crippen molar-refractivity contribution in [2.45, 2.75) is 45.3 Å². The standard InChI is InChI=1S/C21H28N4O2/c1-21(2,3)25-19(17(11-22-25)14-7-5-4-6-8-14)23-20(27)24-12-15-9-10-16(13-24)18(15)26/h4-8,11,15-16,18,26H,9-10,12-13H2,1-3H3,(H,23,27)/t15-,16+,18?. The van der Waals surface area contributed by atoms with Crippen LogP contribution in [-0.4, -0.2) is 45.0 Å². The zero-order valence-electron chi connectivity index (χ0n) is 16.2. The van der Waals surface area contributed by atoms with Gasteiger partial charge in [-0.05, 0) is 39.2 Å². The van der Waals surface area contributed by atoms with E-state index in [0.29, 0.717) is 13.1 Å². The second-order valence-corrected chi connectivity index (χ2v) is 8.78. The number of carbonyl (C=O) groups excluding carboxylic acids is 1. The normalized spacial score (nSPS) is 24.9. The summed E-state index contributed by atoms with van der Waals surface area (Å²) in [5, 5.41) is 17.9. The molecule has 1 saturated heterocycles. The first-order valence-corrected chi connectivity index (χ1v) is 9.72. The molecule has 1 aromatic carbocycles. The molecule has 1 aliphatic carbocycles. The zero-order chi connectivity index (χ0) is 19.2. The number of benzene rings is 1. The van der Waals surface area contributed by atoms with E-state index < -0.39 is 0 Å². The molecular formula is C21H28N4O2. The number of nitrogens with one attached hydrogen (secondary N) is 1. The molecule has 1 unspecified atom stereocenters. The molecule has 6 nitrogen and oxygen atoms in total. The Balaban J connectivity index is 1.63. The van der Waals surface area contributed by atoms with Gasteiger partial charge in [0.1, 0.15) is 5.82 Å². The molecule has 6 heteroatoms. The molecule has 2 aromatic rings. The zero-order valence-corrected chi connectivity index (χ0v) is 16.2. The van der Waals surface area contributed by atoms with Gasteiger partial charge >= 0.3 is 6.03 Å². The van der Waals surface area contributed by atoms with Crippen LogP contribution in [0.25, 0.3) is 11.1 Å². The van der Waals surface area contributed by atoms with Crippen LogP contribution in [0.5, 0.6) is 0 Å². The van der Waals surface area contributed by atoms with Crippen molar-refractivity contribution in [3.8, 4) is 11.1 Å². The molecule has 1 aromatic heterocycles. The van der Waals surface area contributed by atoms with E-state index in [9.17, 15) is 9.90 Å². The van der Waals surface area contributed by atoms with Gasteiger partial charge in [0.05, 0.1) is 17.8 Å². The Hall–Kier alpha value is -2.34. The second-order valence-electron chi connectivity index (χ2n) is 8.78. The summed E-state index contributed by atoms with van der Waals surface area (Å²) in [6.07, 6.45) is 3.57. The lowest BCUT2D eigenvalue weighted by Crippen LogP contribution is -2.49. The molecule has 144 valence electrons. The molecule has 27 heavy (non-hydrogen) atoms. The number of aliphatic hydroxyl groups is 1. The first kappa shape index (κ1) is 18.0. The van der Waals surface area contributed by atoms with Gasteiger partial charge in [0, 0.05) is 30.5 Å². The van der Waals surface area contributed by atoms with Gasteiger partial charge in [-0.3, -0.25) is 5.32 Å². The highest BCUT2D eigenvalue weighted by atomic mass is 16.3. The number of urea groups is 1. The fourth-order valence-corrected chi connectivity index (χ4v) is 4.35. The first-order chi connectivity index (χ1) is 12.8. The highest BCUT2D eigenvalue weighted by molar-refractivity contribution is 5.93. The number of amides is 2. The van der Waals surface area contributed by atoms with Crippen LogP contribution >= 0.6 is 0 Å². The number of fused-ring (bicyclic) bond motifs is 2. The summed E-state index contributed by atoms with van der Waals surface area (Å²) in [6, 6.07) is 9.89. The highest BCUT2D eigenvalue weighted by Crippen LogP contribution is 2.37. The molecule has 1 aliphatic heterocycles. The third-order valence-corrected chi connectivity index (χ3v) is 5.79. The average molecular weight is 368 g/mol. The van der Waals surface area contributed by atoms with Crippen molar-refractivity contribution in [2.24, 2.45) is 11.8 Å². The van der Waals surface area contributed by atoms with Crippen molar-refractivity contribution >= 4 is 11.8 Å². The number of carbonyl (C=O) groups is 1. The maximum atomic E-state index is 13.0. The van der Waals surface area contributed by atoms with E-state index in [0.717, 1.165) is 29.8 Å². The van der Waals surface area contributed by atoms with Crippen molar-refractivity contribution < 1.29 is 9.90 Å². The van der Waals surface area contributed by atoms with Crippen LogP contribution in [0, 0.1) is 11.8 Å². The summed E-state index contributed by atoms with van der Waals surface area (Å²) in [5.74, 6) is 1.13. The third kappa shape index (κ3) is 3.34. The summed E-state index contributed by atoms with van der Waals surface area (Å²) in [4.78, 5) is 14.9. The van der Waals surface area contributed by atoms with Crippen LogP contribution < -0.4 is 5.32 Å². The minimum Gasteiger partial charge on any atom is -0.392 e. The predicted octanol–water partition coefficient (Wildman–Crippen LogP) is 3.54. The van der Waals surface area contributed by atoms with Crippen molar-refractivity contribution in [3.63, 3.8) is 0 Å². The van der Waals surface area contributed by atoms with E-state index in [-0.39, 0.29) is 29.5 Å². The number of hydrogen-bond donors (Lipinski definition) is 2. The van der Waals surface area contributed by atoms with Crippen LogP contribution in [0.15, 0.2) is 36.5 Å². The van der Waals surface area contributed by atoms with Gasteiger partial charge < -0.3 is 10.0 Å². The summed E-state index contributed by atoms with van der Waals surface area (Å²) in [7, 11) is 0. The SMILES string of the molecule is CC(C)(C)n1ncc(-c2ccccc2)c1NC(=O)N1C[C@H]2CC[C@@H](C1)C2O. The van der Waals surface area contributed by atoms with Gasteiger partial charge in [-0.25, -0.2) is 9.48 Å². The molecule has 2 amide bonds. The van der Waals surface area contributed by atoms with Crippen LogP contribution in [0.3, 0.4) is 0 Å². The Kier molecular flexibility index (Phi) is 4.46. The Morgan fingerprint density at radius 3 is 2.37 bits per heavy atom. The lowest BCUT2D eigenvalue weighted by molar-refractivity contribution is 0.0326. The number of aliphatic hydroxyl groups excluding tert-OH is 1. The molecule has 4 rings (SSSR count). The highest BCUT2D eigenvalue weighted by Gasteiger charge is 2.42. The fraction of sp³-hybridized carbons (Fsp3) is 0.524. The second kappa shape index (κ2) is 6.68. The van der Waals surface area contributed by atoms with Gasteiger partial charge in [0.25, 0.3) is 0 Å². The van der Waals surface area contributed by atoms with Crippen LogP contribution in [0.2, 0.25) is 0 Å². The van der Waals surface area contributed by atoms with Crippen molar-refractivity contribution in [3.05, 3.63) is 36.5 Å². The Morgan fingerprint density at radius 1 is 1.15 bits per heavy atom. The molecule has 1 saturated carbocycles. The molecule has 2 fully saturated rings. The van der Waals surface area contributed by atoms with E-state index >= 15 is 0 Å². The number of piperidine rings is 1. The molecule has 3 atom stereocenters. The first-order valence-electron chi connectivity index (χ1n) is 9.72. The molecule has 2 bridgehead atoms. The van der Waals surface area contributed by atoms with Crippen LogP contribution in [0.1, 0.15) is 33.6 Å². The Morgan fingerprint density at radius 2 is 1.78 bits per heavy atom. The van der Waals surface area contributed by atoms with E-state index in [2.05, 4.69) is 31.2 Å². The third-order valence-electron chi connectivity index (χ3n) is 5.79. The van der Waals surface area contributed by atoms with Crippen LogP contribution in [0.4, 0.5) is 10.6 Å². The quantitative estimate of drug-likeness (QED) is 0.852. The van der Waals surface area contributed by atoms with Gasteiger partial charge in [-0.15, -0.1) is 0 Å². The van der Waals surface area contributed by atoms with Crippen LogP contribution in [-0.2, 0) is 5.54 Å². The summed E-state index contributed by atoms with van der Waals surface area (Å²) < 4.78 is 1.88. The van der Waals surface area contributed by atoms with Gasteiger partial charge in [0.15, 0.2) is 0 Å². The van der Waals surface area contributed by atoms with E-state index in [1.54, 1.807) is 0 Å². The van der Waals surface area contributed by atoms with Gasteiger partial charge in [-0.1, -0.05) is 30.3 Å². The molecule has 0 spiro atoms. The fourth-order valence-electron chi connectivity index (χ4n) is 4.35. The van der Waals surface area contributed by atoms with E-state index in [1.165, 1.54) is 0 Å². The molecule has 2 aliphatic rings. The largest absolute Gasteiger partial charge is 0.392 e. The molecule has 2 heterocycles. The Labute approximate surface area is 160 Å². The number of aromatic nitrogens is 2. The van der Waals surface area contributed by atoms with Crippen molar-refractivity contribution in [1.82, 2.24) is 14.7 Å². The minimum absolute atomic E-state index is 0.109. The number of hydrogen-bond acceptors (Lipinski definition) is 3. The monoisotopic (exact) mass is 368 g/mol. The van der Waals surface area contributed by atoms with Gasteiger partial charge in [0.2, 0.25) is 0 Å². The Bertz CT molecular complexity index is 810. The molecule has 0 radical (unpaired) electrons. The number of rotatable bonds is 2. The number of anilines is 1. The minimum atomic E-state index is -0.257. The van der Waals surface area contributed by atoms with Crippen molar-refractivity contribution in [2.75, 3.05) is 18.4 Å². The molecule has 2 N–H and O–H groups in total. The number of nitrogens with zero attached hydrogens (tertiary/aromatic N) is 3. The lowest BCUT2D eigenvalue weighted by Gasteiger charge is -2.35. The van der Waals surface area contributed by atoms with Crippen molar-refractivity contribution in [1.29, 1.82) is 0 Å². The van der Waals surface area contributed by atoms with E-state index in [1.807, 2.05) is 46.1 Å². The maximum Gasteiger partial charge on any atom is 0.323 e. The summed E-state index contributed by atoms with van der Waals surface area (Å²) >= 11 is 0. The average Bonchev–Trinajstić information content (AvgIpc) is 3.11. The number of likely N-dealkylation sites (tertiary alicyclic amines) is 1. The van der Waals surface area contributed by atoms with E-state index in [4.69, 9.17) is 0 Å². The topological polar surface area (TPSA) is 70.4 Å². The summed E-state index contributed by atoms with van der Waals surface area (Å²) in [5.41, 5.74) is 1.68. The summed E-state index contributed by atoms with van der Waals surface area (Å²) in [6.45, 7) is 7.45. The smallest absolute Gasteiger partial charge is 0.323 e. The molecular weight excluding hydrogens is 340 g/mol.